The number of nitrogen functional groups attached to an aromatic ring is 1. The van der Waals surface area contributed by atoms with Crippen LogP contribution in [0.1, 0.15) is 15.9 Å². The first-order valence-corrected chi connectivity index (χ1v) is 5.78. The van der Waals surface area contributed by atoms with Gasteiger partial charge in [0.1, 0.15) is 0 Å². The number of nitrogens with one attached hydrogen (secondary N) is 1. The van der Waals surface area contributed by atoms with Crippen LogP contribution in [0.2, 0.25) is 0 Å². The van der Waals surface area contributed by atoms with Crippen LogP contribution in [0.15, 0.2) is 36.7 Å². The third-order valence-electron chi connectivity index (χ3n) is 2.67. The molecule has 1 aromatic heterocycles. The van der Waals surface area contributed by atoms with E-state index in [-0.39, 0.29) is 5.91 Å². The van der Waals surface area contributed by atoms with Crippen LogP contribution in [0, 0.1) is 6.92 Å². The number of benzene rings is 1. The monoisotopic (exact) mass is 244 g/mol. The fraction of sp³-hybridized carbons (Fsp3) is 0.231. The zero-order valence-corrected chi connectivity index (χ0v) is 10.3. The minimum atomic E-state index is -0.0618. The van der Waals surface area contributed by atoms with Gasteiger partial charge in [0, 0.05) is 18.3 Å². The summed E-state index contributed by atoms with van der Waals surface area (Å²) in [6.07, 6.45) is 3.32. The lowest BCUT2D eigenvalue weighted by molar-refractivity contribution is 0.0951. The lowest BCUT2D eigenvalue weighted by Gasteiger charge is -2.07. The van der Waals surface area contributed by atoms with Crippen molar-refractivity contribution in [2.24, 2.45) is 0 Å². The summed E-state index contributed by atoms with van der Waals surface area (Å²) in [5, 5.41) is 6.90. The Bertz CT molecular complexity index is 547. The van der Waals surface area contributed by atoms with Gasteiger partial charge in [-0.15, -0.1) is 0 Å². The van der Waals surface area contributed by atoms with E-state index in [0.29, 0.717) is 24.3 Å². The number of hydrogen-bond donors (Lipinski definition) is 2. The second-order valence-corrected chi connectivity index (χ2v) is 4.11. The number of carbonyl (C=O) groups is 1. The average molecular weight is 244 g/mol. The third-order valence-corrected chi connectivity index (χ3v) is 2.67. The van der Waals surface area contributed by atoms with Crippen LogP contribution < -0.4 is 11.1 Å². The van der Waals surface area contributed by atoms with Gasteiger partial charge in [-0.1, -0.05) is 18.2 Å². The summed E-state index contributed by atoms with van der Waals surface area (Å²) < 4.78 is 1.70. The van der Waals surface area contributed by atoms with Crippen LogP contribution in [0.5, 0.6) is 0 Å². The molecule has 0 bridgehead atoms. The molecule has 1 amide bonds. The first kappa shape index (κ1) is 12.2. The Kier molecular flexibility index (Phi) is 3.62. The van der Waals surface area contributed by atoms with E-state index < -0.39 is 0 Å². The SMILES string of the molecule is Cc1ccccc1C(=O)NCCn1cc(N)cn1. The van der Waals surface area contributed by atoms with Gasteiger partial charge in [-0.25, -0.2) is 0 Å². The van der Waals surface area contributed by atoms with E-state index in [2.05, 4.69) is 10.4 Å². The Morgan fingerprint density at radius 1 is 1.44 bits per heavy atom. The van der Waals surface area contributed by atoms with Crippen LogP contribution in [0.3, 0.4) is 0 Å². The molecule has 0 atom stereocenters. The highest BCUT2D eigenvalue weighted by Crippen LogP contribution is 2.06. The molecule has 1 heterocycles. The Labute approximate surface area is 106 Å². The summed E-state index contributed by atoms with van der Waals surface area (Å²) in [6, 6.07) is 7.51. The summed E-state index contributed by atoms with van der Waals surface area (Å²) in [7, 11) is 0. The van der Waals surface area contributed by atoms with Crippen molar-refractivity contribution in [3.63, 3.8) is 0 Å². The van der Waals surface area contributed by atoms with E-state index >= 15 is 0 Å². The van der Waals surface area contributed by atoms with Crippen LogP contribution in [-0.2, 0) is 6.54 Å². The van der Waals surface area contributed by atoms with E-state index in [1.165, 1.54) is 0 Å². The molecule has 5 nitrogen and oxygen atoms in total. The maximum absolute atomic E-state index is 11.9. The molecule has 0 radical (unpaired) electrons. The predicted molar refractivity (Wildman–Crippen MR) is 70.2 cm³/mol. The van der Waals surface area contributed by atoms with Gasteiger partial charge in [0.2, 0.25) is 0 Å². The molecular formula is C13H16N4O. The number of nitrogens with two attached hydrogens (primary N) is 1. The van der Waals surface area contributed by atoms with Gasteiger partial charge in [-0.3, -0.25) is 9.48 Å². The molecule has 1 aromatic carbocycles. The first-order valence-electron chi connectivity index (χ1n) is 5.78. The first-order chi connectivity index (χ1) is 8.66. The fourth-order valence-corrected chi connectivity index (χ4v) is 1.71. The molecule has 0 aliphatic carbocycles. The maximum Gasteiger partial charge on any atom is 0.251 e. The molecule has 0 fully saturated rings. The maximum atomic E-state index is 11.9. The standard InChI is InChI=1S/C13H16N4O/c1-10-4-2-3-5-12(10)13(18)15-6-7-17-9-11(14)8-16-17/h2-5,8-9H,6-7,14H2,1H3,(H,15,18). The van der Waals surface area contributed by atoms with Crippen LogP contribution in [0.25, 0.3) is 0 Å². The van der Waals surface area contributed by atoms with Crippen molar-refractivity contribution in [1.82, 2.24) is 15.1 Å². The van der Waals surface area contributed by atoms with E-state index in [1.807, 2.05) is 31.2 Å². The summed E-state index contributed by atoms with van der Waals surface area (Å²) in [5.74, 6) is -0.0618. The number of amides is 1. The van der Waals surface area contributed by atoms with Crippen molar-refractivity contribution in [2.45, 2.75) is 13.5 Å². The topological polar surface area (TPSA) is 72.9 Å². The molecule has 2 aromatic rings. The number of nitrogens with zero attached hydrogens (tertiary/aromatic N) is 2. The molecule has 94 valence electrons. The van der Waals surface area contributed by atoms with Gasteiger partial charge in [0.05, 0.1) is 18.4 Å². The molecule has 0 unspecified atom stereocenters. The van der Waals surface area contributed by atoms with Crippen LogP contribution >= 0.6 is 0 Å². The number of anilines is 1. The second-order valence-electron chi connectivity index (χ2n) is 4.11. The summed E-state index contributed by atoms with van der Waals surface area (Å²) in [6.45, 7) is 3.05. The Morgan fingerprint density at radius 3 is 2.89 bits per heavy atom. The molecule has 0 spiro atoms. The summed E-state index contributed by atoms with van der Waals surface area (Å²) >= 11 is 0. The molecule has 2 rings (SSSR count). The van der Waals surface area contributed by atoms with Gasteiger partial charge in [0.25, 0.3) is 5.91 Å². The van der Waals surface area contributed by atoms with Crippen molar-refractivity contribution in [2.75, 3.05) is 12.3 Å². The van der Waals surface area contributed by atoms with Crippen molar-refractivity contribution in [3.8, 4) is 0 Å². The largest absolute Gasteiger partial charge is 0.396 e. The van der Waals surface area contributed by atoms with Gasteiger partial charge < -0.3 is 11.1 Å². The van der Waals surface area contributed by atoms with E-state index in [4.69, 9.17) is 5.73 Å². The predicted octanol–water partition coefficient (Wildman–Crippen LogP) is 1.20. The van der Waals surface area contributed by atoms with Crippen molar-refractivity contribution in [1.29, 1.82) is 0 Å². The number of aryl methyl sites for hydroxylation is 1. The quantitative estimate of drug-likeness (QED) is 0.849. The smallest absolute Gasteiger partial charge is 0.251 e. The Balaban J connectivity index is 1.87. The molecule has 18 heavy (non-hydrogen) atoms. The van der Waals surface area contributed by atoms with Crippen molar-refractivity contribution >= 4 is 11.6 Å². The second kappa shape index (κ2) is 5.35. The molecule has 0 aliphatic heterocycles. The fourth-order valence-electron chi connectivity index (χ4n) is 1.71. The Hall–Kier alpha value is -2.30. The Morgan fingerprint density at radius 2 is 2.22 bits per heavy atom. The third kappa shape index (κ3) is 2.88. The summed E-state index contributed by atoms with van der Waals surface area (Å²) in [5.41, 5.74) is 7.85. The van der Waals surface area contributed by atoms with Crippen molar-refractivity contribution in [3.05, 3.63) is 47.8 Å². The van der Waals surface area contributed by atoms with Gasteiger partial charge in [-0.2, -0.15) is 5.10 Å². The van der Waals surface area contributed by atoms with E-state index in [0.717, 1.165) is 5.56 Å². The minimum absolute atomic E-state index is 0.0618. The number of aromatic nitrogens is 2. The molecular weight excluding hydrogens is 228 g/mol. The average Bonchev–Trinajstić information content (AvgIpc) is 2.75. The highest BCUT2D eigenvalue weighted by Gasteiger charge is 2.06. The highest BCUT2D eigenvalue weighted by atomic mass is 16.1. The highest BCUT2D eigenvalue weighted by molar-refractivity contribution is 5.95. The lowest BCUT2D eigenvalue weighted by Crippen LogP contribution is -2.27. The van der Waals surface area contributed by atoms with E-state index in [9.17, 15) is 4.79 Å². The van der Waals surface area contributed by atoms with Gasteiger partial charge >= 0.3 is 0 Å². The van der Waals surface area contributed by atoms with Crippen molar-refractivity contribution < 1.29 is 4.79 Å². The zero-order valence-electron chi connectivity index (χ0n) is 10.3. The molecule has 5 heteroatoms. The number of carbonyl (C=O) groups excluding carboxylic acids is 1. The molecule has 3 N–H and O–H groups in total. The number of hydrogen-bond acceptors (Lipinski definition) is 3. The molecule has 0 aliphatic rings. The van der Waals surface area contributed by atoms with Gasteiger partial charge in [0.15, 0.2) is 0 Å². The molecule has 0 saturated carbocycles. The summed E-state index contributed by atoms with van der Waals surface area (Å²) in [4.78, 5) is 11.9. The van der Waals surface area contributed by atoms with Crippen LogP contribution in [0.4, 0.5) is 5.69 Å². The van der Waals surface area contributed by atoms with E-state index in [1.54, 1.807) is 17.1 Å². The number of rotatable bonds is 4. The normalized spacial score (nSPS) is 10.3. The van der Waals surface area contributed by atoms with Gasteiger partial charge in [-0.05, 0) is 18.6 Å². The van der Waals surface area contributed by atoms with Crippen LogP contribution in [-0.4, -0.2) is 22.2 Å². The minimum Gasteiger partial charge on any atom is -0.396 e. The molecule has 0 saturated heterocycles. The lowest BCUT2D eigenvalue weighted by atomic mass is 10.1. The zero-order chi connectivity index (χ0) is 13.0.